The van der Waals surface area contributed by atoms with Crippen LogP contribution in [0.15, 0.2) is 30.7 Å². The van der Waals surface area contributed by atoms with E-state index in [4.69, 9.17) is 4.74 Å². The summed E-state index contributed by atoms with van der Waals surface area (Å²) in [4.78, 5) is 6.62. The van der Waals surface area contributed by atoms with E-state index in [-0.39, 0.29) is 11.3 Å². The molecule has 0 aliphatic carbocycles. The summed E-state index contributed by atoms with van der Waals surface area (Å²) in [5.74, 6) is 1.13. The number of ether oxygens (including phenoxy) is 1. The van der Waals surface area contributed by atoms with Gasteiger partial charge in [0.25, 0.3) is 0 Å². The maximum Gasteiger partial charge on any atom is 0.245 e. The highest BCUT2D eigenvalue weighted by atomic mass is 16.5. The predicted molar refractivity (Wildman–Crippen MR) is 115 cm³/mol. The molecule has 2 aromatic heterocycles. The summed E-state index contributed by atoms with van der Waals surface area (Å²) in [6, 6.07) is 3.88. The van der Waals surface area contributed by atoms with Crippen LogP contribution in [0.5, 0.6) is 11.5 Å². The largest absolute Gasteiger partial charge is 0.507 e. The first-order valence-electron chi connectivity index (χ1n) is 9.97. The Balaban J connectivity index is 1.56. The quantitative estimate of drug-likeness (QED) is 0.590. The van der Waals surface area contributed by atoms with Crippen LogP contribution in [0, 0.1) is 0 Å². The number of phenols is 1. The van der Waals surface area contributed by atoms with Gasteiger partial charge in [-0.3, -0.25) is 5.10 Å². The van der Waals surface area contributed by atoms with Crippen LogP contribution in [0.2, 0.25) is 0 Å². The van der Waals surface area contributed by atoms with Gasteiger partial charge < -0.3 is 20.1 Å². The van der Waals surface area contributed by atoms with Gasteiger partial charge in [-0.05, 0) is 44.9 Å². The van der Waals surface area contributed by atoms with E-state index in [0.29, 0.717) is 29.0 Å². The molecule has 3 heterocycles. The molecule has 0 saturated carbocycles. The Labute approximate surface area is 175 Å². The second-order valence-corrected chi connectivity index (χ2v) is 8.53. The van der Waals surface area contributed by atoms with Crippen LogP contribution in [0.4, 0.5) is 5.95 Å². The lowest BCUT2D eigenvalue weighted by molar-refractivity contribution is 0.373. The van der Waals surface area contributed by atoms with E-state index in [1.807, 2.05) is 6.07 Å². The van der Waals surface area contributed by atoms with Gasteiger partial charge >= 0.3 is 0 Å². The lowest BCUT2D eigenvalue weighted by Crippen LogP contribution is -2.45. The minimum atomic E-state index is 0.0463. The molecule has 9 nitrogen and oxygen atoms in total. The summed E-state index contributed by atoms with van der Waals surface area (Å²) >= 11 is 0. The van der Waals surface area contributed by atoms with Gasteiger partial charge in [-0.2, -0.15) is 5.10 Å². The highest BCUT2D eigenvalue weighted by Crippen LogP contribution is 2.40. The van der Waals surface area contributed by atoms with E-state index in [1.54, 1.807) is 31.8 Å². The summed E-state index contributed by atoms with van der Waals surface area (Å²) < 4.78 is 5.50. The Morgan fingerprint density at radius 1 is 1.20 bits per heavy atom. The van der Waals surface area contributed by atoms with Gasteiger partial charge in [0.2, 0.25) is 5.95 Å². The van der Waals surface area contributed by atoms with Gasteiger partial charge in [0, 0.05) is 36.4 Å². The van der Waals surface area contributed by atoms with E-state index >= 15 is 0 Å². The van der Waals surface area contributed by atoms with Gasteiger partial charge in [0.1, 0.15) is 17.2 Å². The fraction of sp³-hybridized carbons (Fsp3) is 0.429. The normalized spacial score (nSPS) is 16.8. The van der Waals surface area contributed by atoms with Crippen LogP contribution in [0.1, 0.15) is 27.2 Å². The topological polar surface area (TPSA) is 112 Å². The minimum absolute atomic E-state index is 0.0463. The summed E-state index contributed by atoms with van der Waals surface area (Å²) in [5, 5.41) is 29.6. The molecule has 4 rings (SSSR count). The van der Waals surface area contributed by atoms with Crippen LogP contribution in [-0.4, -0.2) is 62.3 Å². The van der Waals surface area contributed by atoms with Crippen molar-refractivity contribution in [2.75, 3.05) is 25.1 Å². The summed E-state index contributed by atoms with van der Waals surface area (Å²) in [6.07, 6.45) is 6.10. The third kappa shape index (κ3) is 4.20. The smallest absolute Gasteiger partial charge is 0.245 e. The first kappa shape index (κ1) is 20.1. The van der Waals surface area contributed by atoms with Gasteiger partial charge in [-0.25, -0.2) is 4.98 Å². The van der Waals surface area contributed by atoms with Crippen molar-refractivity contribution >= 4 is 5.95 Å². The minimum Gasteiger partial charge on any atom is -0.507 e. The molecule has 9 heteroatoms. The Morgan fingerprint density at radius 3 is 2.67 bits per heavy atom. The predicted octanol–water partition coefficient (Wildman–Crippen LogP) is 2.61. The number of methoxy groups -OCH3 is 1. The highest BCUT2D eigenvalue weighted by Gasteiger charge is 2.27. The number of hydrogen-bond donors (Lipinski definition) is 3. The van der Waals surface area contributed by atoms with Crippen LogP contribution in [0.25, 0.3) is 22.4 Å². The SMILES string of the molecule is COc1cc(-c2cn[nH]c2)cc(O)c1-c1cnc(N2CCC(NC(C)(C)C)C2)nn1. The Kier molecular flexibility index (Phi) is 5.29. The number of aromatic hydroxyl groups is 1. The van der Waals surface area contributed by atoms with E-state index in [1.165, 1.54) is 0 Å². The molecular formula is C21H27N7O2. The first-order chi connectivity index (χ1) is 14.3. The van der Waals surface area contributed by atoms with Gasteiger partial charge in [0.15, 0.2) is 0 Å². The third-order valence-corrected chi connectivity index (χ3v) is 5.05. The molecule has 1 saturated heterocycles. The molecule has 1 unspecified atom stereocenters. The van der Waals surface area contributed by atoms with Crippen molar-refractivity contribution in [3.8, 4) is 33.9 Å². The van der Waals surface area contributed by atoms with Crippen molar-refractivity contribution in [2.45, 2.75) is 38.8 Å². The number of aromatic amines is 1. The maximum atomic E-state index is 10.7. The number of aromatic nitrogens is 5. The van der Waals surface area contributed by atoms with Crippen LogP contribution < -0.4 is 15.0 Å². The molecule has 1 aliphatic heterocycles. The third-order valence-electron chi connectivity index (χ3n) is 5.05. The average Bonchev–Trinajstić information content (AvgIpc) is 3.38. The molecule has 0 bridgehead atoms. The molecule has 0 radical (unpaired) electrons. The van der Waals surface area contributed by atoms with Crippen LogP contribution >= 0.6 is 0 Å². The van der Waals surface area contributed by atoms with Crippen molar-refractivity contribution < 1.29 is 9.84 Å². The van der Waals surface area contributed by atoms with Crippen molar-refractivity contribution in [1.82, 2.24) is 30.7 Å². The monoisotopic (exact) mass is 409 g/mol. The Morgan fingerprint density at radius 2 is 2.03 bits per heavy atom. The lowest BCUT2D eigenvalue weighted by Gasteiger charge is -2.25. The van der Waals surface area contributed by atoms with E-state index in [9.17, 15) is 5.11 Å². The standard InChI is InChI=1S/C21H27N7O2/c1-21(2,3)25-15-5-6-28(12-15)20-22-11-16(26-27-20)19-17(29)7-13(8-18(19)30-4)14-9-23-24-10-14/h7-11,15,25,29H,5-6,12H2,1-4H3,(H,23,24). The average molecular weight is 409 g/mol. The fourth-order valence-corrected chi connectivity index (χ4v) is 3.80. The van der Waals surface area contributed by atoms with E-state index in [0.717, 1.165) is 30.6 Å². The number of hydrogen-bond acceptors (Lipinski definition) is 8. The molecule has 3 aromatic rings. The molecule has 1 aliphatic rings. The molecule has 158 valence electrons. The number of benzene rings is 1. The van der Waals surface area contributed by atoms with Gasteiger partial charge in [-0.15, -0.1) is 10.2 Å². The van der Waals surface area contributed by atoms with E-state index in [2.05, 4.69) is 56.4 Å². The van der Waals surface area contributed by atoms with Crippen LogP contribution in [-0.2, 0) is 0 Å². The first-order valence-corrected chi connectivity index (χ1v) is 9.97. The number of anilines is 1. The summed E-state index contributed by atoms with van der Waals surface area (Å²) in [5.41, 5.74) is 2.62. The van der Waals surface area contributed by atoms with Crippen molar-refractivity contribution in [3.63, 3.8) is 0 Å². The number of phenolic OH excluding ortho intramolecular Hbond substituents is 1. The van der Waals surface area contributed by atoms with Crippen molar-refractivity contribution in [2.24, 2.45) is 0 Å². The molecule has 30 heavy (non-hydrogen) atoms. The molecule has 1 aromatic carbocycles. The second-order valence-electron chi connectivity index (χ2n) is 8.53. The second kappa shape index (κ2) is 7.91. The molecule has 3 N–H and O–H groups in total. The summed E-state index contributed by atoms with van der Waals surface area (Å²) in [6.45, 7) is 8.22. The highest BCUT2D eigenvalue weighted by molar-refractivity contribution is 5.79. The fourth-order valence-electron chi connectivity index (χ4n) is 3.80. The zero-order chi connectivity index (χ0) is 21.3. The number of rotatable bonds is 5. The van der Waals surface area contributed by atoms with E-state index < -0.39 is 0 Å². The zero-order valence-corrected chi connectivity index (χ0v) is 17.7. The molecule has 0 amide bonds. The van der Waals surface area contributed by atoms with Crippen LogP contribution in [0.3, 0.4) is 0 Å². The van der Waals surface area contributed by atoms with Gasteiger partial charge in [0.05, 0.1) is 25.1 Å². The zero-order valence-electron chi connectivity index (χ0n) is 17.7. The van der Waals surface area contributed by atoms with Crippen molar-refractivity contribution in [1.29, 1.82) is 0 Å². The maximum absolute atomic E-state index is 10.7. The summed E-state index contributed by atoms with van der Waals surface area (Å²) in [7, 11) is 1.55. The molecular weight excluding hydrogens is 382 g/mol. The number of nitrogens with zero attached hydrogens (tertiary/aromatic N) is 5. The number of nitrogens with one attached hydrogen (secondary N) is 2. The Hall–Kier alpha value is -3.20. The van der Waals surface area contributed by atoms with Gasteiger partial charge in [-0.1, -0.05) is 0 Å². The molecule has 1 atom stereocenters. The molecule has 0 spiro atoms. The molecule has 1 fully saturated rings. The number of H-pyrrole nitrogens is 1. The Bertz CT molecular complexity index is 997. The lowest BCUT2D eigenvalue weighted by atomic mass is 10.0. The van der Waals surface area contributed by atoms with Crippen molar-refractivity contribution in [3.05, 3.63) is 30.7 Å².